The van der Waals surface area contributed by atoms with Gasteiger partial charge in [-0.15, -0.1) is 0 Å². The van der Waals surface area contributed by atoms with Crippen LogP contribution in [0.25, 0.3) is 11.0 Å². The number of rotatable bonds is 1. The smallest absolute Gasteiger partial charge is 0.196 e. The van der Waals surface area contributed by atoms with Crippen molar-refractivity contribution in [3.63, 3.8) is 0 Å². The number of likely N-dealkylation sites (tertiary alicyclic amines) is 1. The van der Waals surface area contributed by atoms with Crippen LogP contribution in [-0.4, -0.2) is 46.5 Å². The molecule has 1 saturated heterocycles. The van der Waals surface area contributed by atoms with Crippen molar-refractivity contribution >= 4 is 11.0 Å². The lowest BCUT2D eigenvalue weighted by Gasteiger charge is -2.34. The normalized spacial score (nSPS) is 23.0. The predicted octanol–water partition coefficient (Wildman–Crippen LogP) is 1.29. The summed E-state index contributed by atoms with van der Waals surface area (Å²) in [7, 11) is 1.90. The Morgan fingerprint density at radius 2 is 2.05 bits per heavy atom. The highest BCUT2D eigenvalue weighted by Gasteiger charge is 2.32. The van der Waals surface area contributed by atoms with Crippen molar-refractivity contribution in [1.82, 2.24) is 4.90 Å². The number of aryl methyl sites for hydroxylation is 1. The number of hydrogen-bond acceptors (Lipinski definition) is 6. The van der Waals surface area contributed by atoms with E-state index in [1.54, 1.807) is 6.92 Å². The molecular formula is C16H19NO5. The summed E-state index contributed by atoms with van der Waals surface area (Å²) in [6.07, 6.45) is -0.132. The molecular weight excluding hydrogens is 286 g/mol. The molecule has 6 heteroatoms. The second kappa shape index (κ2) is 5.30. The number of phenolic OH excluding ortho intramolecular Hbond substituents is 2. The summed E-state index contributed by atoms with van der Waals surface area (Å²) in [5, 5.41) is 31.1. The summed E-state index contributed by atoms with van der Waals surface area (Å²) >= 11 is 0. The van der Waals surface area contributed by atoms with E-state index in [-0.39, 0.29) is 33.5 Å². The Kier molecular flexibility index (Phi) is 3.58. The molecule has 2 aromatic rings. The molecule has 2 unspecified atom stereocenters. The standard InChI is InChI=1S/C16H19NO5/c1-8-5-10(18)15-13(22-8)6-11(19)14(16(15)21)9-3-4-17(2)7-12(9)20/h5-6,9,12,19-21H,3-4,7H2,1-2H3. The number of β-amino-alcohol motifs (C(OH)–C–C–N with tert-alkyl or cyclic N) is 1. The van der Waals surface area contributed by atoms with E-state index >= 15 is 0 Å². The lowest BCUT2D eigenvalue weighted by Crippen LogP contribution is -2.40. The predicted molar refractivity (Wildman–Crippen MR) is 81.4 cm³/mol. The summed E-state index contributed by atoms with van der Waals surface area (Å²) in [5.41, 5.74) is 0.00957. The molecule has 22 heavy (non-hydrogen) atoms. The summed E-state index contributed by atoms with van der Waals surface area (Å²) in [4.78, 5) is 14.1. The number of hydrogen-bond donors (Lipinski definition) is 3. The molecule has 0 spiro atoms. The van der Waals surface area contributed by atoms with E-state index in [9.17, 15) is 20.1 Å². The van der Waals surface area contributed by atoms with Gasteiger partial charge in [-0.25, -0.2) is 0 Å². The zero-order chi connectivity index (χ0) is 16.0. The number of aromatic hydroxyl groups is 2. The minimum absolute atomic E-state index is 0.0459. The van der Waals surface area contributed by atoms with Crippen LogP contribution >= 0.6 is 0 Å². The highest BCUT2D eigenvalue weighted by molar-refractivity contribution is 5.87. The van der Waals surface area contributed by atoms with Gasteiger partial charge < -0.3 is 24.6 Å². The van der Waals surface area contributed by atoms with E-state index in [2.05, 4.69) is 0 Å². The third-order valence-corrected chi connectivity index (χ3v) is 4.29. The van der Waals surface area contributed by atoms with Crippen LogP contribution in [0.3, 0.4) is 0 Å². The van der Waals surface area contributed by atoms with Crippen LogP contribution in [0.4, 0.5) is 0 Å². The molecule has 1 aliphatic rings. The van der Waals surface area contributed by atoms with Crippen molar-refractivity contribution in [3.8, 4) is 11.5 Å². The third-order valence-electron chi connectivity index (χ3n) is 4.29. The monoisotopic (exact) mass is 305 g/mol. The number of aliphatic hydroxyl groups excluding tert-OH is 1. The third kappa shape index (κ3) is 2.34. The van der Waals surface area contributed by atoms with E-state index in [4.69, 9.17) is 4.42 Å². The first kappa shape index (κ1) is 14.9. The molecule has 2 atom stereocenters. The molecule has 6 nitrogen and oxygen atoms in total. The lowest BCUT2D eigenvalue weighted by molar-refractivity contribution is 0.0621. The Morgan fingerprint density at radius 3 is 2.73 bits per heavy atom. The summed E-state index contributed by atoms with van der Waals surface area (Å²) < 4.78 is 5.40. The molecule has 1 aromatic carbocycles. The van der Waals surface area contributed by atoms with Gasteiger partial charge in [0.25, 0.3) is 0 Å². The molecule has 0 radical (unpaired) electrons. The fourth-order valence-corrected chi connectivity index (χ4v) is 3.22. The Labute approximate surface area is 127 Å². The van der Waals surface area contributed by atoms with Crippen molar-refractivity contribution in [1.29, 1.82) is 0 Å². The first-order chi connectivity index (χ1) is 10.4. The molecule has 3 rings (SSSR count). The fraction of sp³-hybridized carbons (Fsp3) is 0.438. The van der Waals surface area contributed by atoms with E-state index in [0.717, 1.165) is 6.54 Å². The molecule has 1 aliphatic heterocycles. The number of piperidine rings is 1. The zero-order valence-electron chi connectivity index (χ0n) is 12.5. The van der Waals surface area contributed by atoms with Gasteiger partial charge in [-0.2, -0.15) is 0 Å². The Bertz CT molecular complexity index is 782. The Morgan fingerprint density at radius 1 is 1.32 bits per heavy atom. The molecule has 1 aromatic heterocycles. The van der Waals surface area contributed by atoms with E-state index in [1.807, 2.05) is 11.9 Å². The Hall–Kier alpha value is -2.05. The largest absolute Gasteiger partial charge is 0.507 e. The molecule has 0 aliphatic carbocycles. The second-order valence-electron chi connectivity index (χ2n) is 5.98. The van der Waals surface area contributed by atoms with Crippen LogP contribution in [0.15, 0.2) is 21.3 Å². The van der Waals surface area contributed by atoms with Crippen molar-refractivity contribution in [3.05, 3.63) is 33.7 Å². The van der Waals surface area contributed by atoms with Crippen LogP contribution in [0, 0.1) is 6.92 Å². The van der Waals surface area contributed by atoms with Crippen LogP contribution in [0.5, 0.6) is 11.5 Å². The first-order valence-electron chi connectivity index (χ1n) is 7.24. The zero-order valence-corrected chi connectivity index (χ0v) is 12.5. The fourth-order valence-electron chi connectivity index (χ4n) is 3.22. The highest BCUT2D eigenvalue weighted by atomic mass is 16.3. The summed E-state index contributed by atoms with van der Waals surface area (Å²) in [5.74, 6) is -0.464. The molecule has 0 bridgehead atoms. The average molecular weight is 305 g/mol. The maximum absolute atomic E-state index is 12.1. The molecule has 0 amide bonds. The number of aliphatic hydroxyl groups is 1. The minimum Gasteiger partial charge on any atom is -0.507 e. The number of nitrogens with zero attached hydrogens (tertiary/aromatic N) is 1. The van der Waals surface area contributed by atoms with Gasteiger partial charge >= 0.3 is 0 Å². The van der Waals surface area contributed by atoms with Gasteiger partial charge in [-0.05, 0) is 26.9 Å². The summed E-state index contributed by atoms with van der Waals surface area (Å²) in [6.45, 7) is 2.81. The molecule has 2 heterocycles. The van der Waals surface area contributed by atoms with Gasteiger partial charge in [0.1, 0.15) is 28.2 Å². The Balaban J connectivity index is 2.20. The van der Waals surface area contributed by atoms with Crippen LogP contribution < -0.4 is 5.43 Å². The minimum atomic E-state index is -0.717. The number of benzene rings is 1. The maximum Gasteiger partial charge on any atom is 0.196 e. The van der Waals surface area contributed by atoms with E-state index in [1.165, 1.54) is 12.1 Å². The average Bonchev–Trinajstić information content (AvgIpc) is 2.39. The number of likely N-dealkylation sites (N-methyl/N-ethyl adjacent to an activating group) is 1. The molecule has 3 N–H and O–H groups in total. The molecule has 1 fully saturated rings. The molecule has 0 saturated carbocycles. The van der Waals surface area contributed by atoms with Crippen molar-refractivity contribution < 1.29 is 19.7 Å². The first-order valence-corrected chi connectivity index (χ1v) is 7.24. The van der Waals surface area contributed by atoms with Crippen molar-refractivity contribution in [2.45, 2.75) is 25.4 Å². The van der Waals surface area contributed by atoms with Crippen LogP contribution in [0.1, 0.15) is 23.7 Å². The quantitative estimate of drug-likeness (QED) is 0.735. The van der Waals surface area contributed by atoms with Gasteiger partial charge in [-0.3, -0.25) is 4.79 Å². The van der Waals surface area contributed by atoms with Crippen LogP contribution in [-0.2, 0) is 0 Å². The summed E-state index contributed by atoms with van der Waals surface area (Å²) in [6, 6.07) is 2.64. The van der Waals surface area contributed by atoms with Crippen molar-refractivity contribution in [2.75, 3.05) is 20.1 Å². The number of phenols is 2. The van der Waals surface area contributed by atoms with Gasteiger partial charge in [0.2, 0.25) is 0 Å². The SMILES string of the molecule is Cc1cc(=O)c2c(O)c(C3CCN(C)CC3O)c(O)cc2o1. The second-order valence-corrected chi connectivity index (χ2v) is 5.98. The van der Waals surface area contributed by atoms with Crippen molar-refractivity contribution in [2.24, 2.45) is 0 Å². The van der Waals surface area contributed by atoms with Gasteiger partial charge in [-0.1, -0.05) is 0 Å². The van der Waals surface area contributed by atoms with E-state index < -0.39 is 12.0 Å². The van der Waals surface area contributed by atoms with E-state index in [0.29, 0.717) is 18.7 Å². The van der Waals surface area contributed by atoms with Gasteiger partial charge in [0, 0.05) is 30.2 Å². The maximum atomic E-state index is 12.1. The lowest BCUT2D eigenvalue weighted by atomic mass is 9.85. The molecule has 118 valence electrons. The highest BCUT2D eigenvalue weighted by Crippen LogP contribution is 2.42. The topological polar surface area (TPSA) is 94.1 Å². The van der Waals surface area contributed by atoms with Gasteiger partial charge in [0.05, 0.1) is 6.10 Å². The van der Waals surface area contributed by atoms with Gasteiger partial charge in [0.15, 0.2) is 5.43 Å². The number of fused-ring (bicyclic) bond motifs is 1. The van der Waals surface area contributed by atoms with Crippen LogP contribution in [0.2, 0.25) is 0 Å².